The number of ether oxygens (including phenoxy) is 1. The number of fused-ring (bicyclic) bond motifs is 1. The molecule has 4 rings (SSSR count). The van der Waals surface area contributed by atoms with Crippen molar-refractivity contribution in [2.75, 3.05) is 19.6 Å². The third-order valence-corrected chi connectivity index (χ3v) is 6.28. The van der Waals surface area contributed by atoms with E-state index in [-0.39, 0.29) is 6.23 Å². The van der Waals surface area contributed by atoms with Crippen LogP contribution in [-0.4, -0.2) is 41.7 Å². The van der Waals surface area contributed by atoms with Crippen LogP contribution in [-0.2, 0) is 0 Å². The third kappa shape index (κ3) is 3.34. The molecule has 0 bridgehead atoms. The van der Waals surface area contributed by atoms with Gasteiger partial charge in [-0.1, -0.05) is 25.5 Å². The van der Waals surface area contributed by atoms with Crippen LogP contribution in [0.1, 0.15) is 69.9 Å². The summed E-state index contributed by atoms with van der Waals surface area (Å²) in [6, 6.07) is 10.5. The van der Waals surface area contributed by atoms with E-state index in [2.05, 4.69) is 41.0 Å². The molecule has 3 saturated heterocycles. The first-order valence-corrected chi connectivity index (χ1v) is 10.1. The first-order valence-electron chi connectivity index (χ1n) is 10.1. The van der Waals surface area contributed by atoms with Crippen LogP contribution in [0.15, 0.2) is 24.3 Å². The zero-order chi connectivity index (χ0) is 16.4. The molecule has 0 aromatic heterocycles. The van der Waals surface area contributed by atoms with E-state index in [1.54, 1.807) is 0 Å². The Hall–Kier alpha value is -1.06. The molecule has 0 N–H and O–H groups in total. The van der Waals surface area contributed by atoms with Gasteiger partial charge in [-0.25, -0.2) is 0 Å². The van der Waals surface area contributed by atoms with E-state index in [0.717, 1.165) is 18.2 Å². The molecule has 1 aromatic carbocycles. The first-order chi connectivity index (χ1) is 11.8. The molecular weight excluding hydrogens is 296 g/mol. The van der Waals surface area contributed by atoms with E-state index in [0.29, 0.717) is 6.04 Å². The lowest BCUT2D eigenvalue weighted by atomic mass is 10.0. The molecule has 3 nitrogen and oxygen atoms in total. The molecule has 3 heteroatoms. The van der Waals surface area contributed by atoms with Crippen LogP contribution in [0.25, 0.3) is 0 Å². The smallest absolute Gasteiger partial charge is 0.152 e. The molecule has 0 radical (unpaired) electrons. The van der Waals surface area contributed by atoms with Crippen molar-refractivity contribution in [2.24, 2.45) is 0 Å². The van der Waals surface area contributed by atoms with Crippen LogP contribution >= 0.6 is 0 Å². The van der Waals surface area contributed by atoms with Crippen LogP contribution in [0.3, 0.4) is 0 Å². The number of likely N-dealkylation sites (tertiary alicyclic amines) is 1. The molecule has 0 aliphatic carbocycles. The van der Waals surface area contributed by atoms with E-state index in [1.807, 2.05) is 0 Å². The second-order valence-corrected chi connectivity index (χ2v) is 7.77. The molecule has 3 fully saturated rings. The van der Waals surface area contributed by atoms with Gasteiger partial charge in [-0.2, -0.15) is 0 Å². The predicted molar refractivity (Wildman–Crippen MR) is 98.3 cm³/mol. The fraction of sp³-hybridized carbons (Fsp3) is 0.714. The molecular formula is C21H32N2O. The molecule has 0 spiro atoms. The SMILES string of the molecule is CCC(Oc1ccc(C2CCC3CCCN32)cc1)N1CCCCC1. The fourth-order valence-electron chi connectivity index (χ4n) is 5.00. The van der Waals surface area contributed by atoms with Crippen molar-refractivity contribution < 1.29 is 4.74 Å². The average Bonchev–Trinajstić information content (AvgIpc) is 3.25. The molecule has 3 unspecified atom stereocenters. The van der Waals surface area contributed by atoms with Gasteiger partial charge in [-0.3, -0.25) is 9.80 Å². The summed E-state index contributed by atoms with van der Waals surface area (Å²) >= 11 is 0. The lowest BCUT2D eigenvalue weighted by Crippen LogP contribution is -2.42. The molecule has 1 aromatic rings. The topological polar surface area (TPSA) is 15.7 Å². The van der Waals surface area contributed by atoms with Gasteiger partial charge in [-0.05, 0) is 69.2 Å². The standard InChI is InChI=1S/C21H32N2O/c1-2-21(22-14-4-3-5-15-22)24-19-11-8-17(9-12-19)20-13-10-18-7-6-16-23(18)20/h8-9,11-12,18,20-21H,2-7,10,13-16H2,1H3. The Bertz CT molecular complexity index is 523. The highest BCUT2D eigenvalue weighted by molar-refractivity contribution is 5.30. The summed E-state index contributed by atoms with van der Waals surface area (Å²) in [5.41, 5.74) is 1.48. The number of hydrogen-bond donors (Lipinski definition) is 0. The Morgan fingerprint density at radius 3 is 2.50 bits per heavy atom. The zero-order valence-electron chi connectivity index (χ0n) is 15.1. The number of benzene rings is 1. The van der Waals surface area contributed by atoms with Crippen molar-refractivity contribution in [3.8, 4) is 5.75 Å². The summed E-state index contributed by atoms with van der Waals surface area (Å²) < 4.78 is 6.32. The molecule has 0 saturated carbocycles. The van der Waals surface area contributed by atoms with Crippen molar-refractivity contribution in [3.05, 3.63) is 29.8 Å². The van der Waals surface area contributed by atoms with Crippen molar-refractivity contribution in [1.29, 1.82) is 0 Å². The molecule has 3 heterocycles. The molecule has 0 amide bonds. The molecule has 3 aliphatic heterocycles. The number of rotatable bonds is 5. The zero-order valence-corrected chi connectivity index (χ0v) is 15.1. The van der Waals surface area contributed by atoms with E-state index >= 15 is 0 Å². The third-order valence-electron chi connectivity index (χ3n) is 6.28. The largest absolute Gasteiger partial charge is 0.475 e. The second kappa shape index (κ2) is 7.45. The lowest BCUT2D eigenvalue weighted by molar-refractivity contribution is 0.00980. The predicted octanol–water partition coefficient (Wildman–Crippen LogP) is 4.59. The fourth-order valence-corrected chi connectivity index (χ4v) is 5.00. The van der Waals surface area contributed by atoms with Crippen molar-refractivity contribution in [3.63, 3.8) is 0 Å². The highest BCUT2D eigenvalue weighted by Gasteiger charge is 2.37. The summed E-state index contributed by atoms with van der Waals surface area (Å²) in [5, 5.41) is 0. The number of nitrogens with zero attached hydrogens (tertiary/aromatic N) is 2. The highest BCUT2D eigenvalue weighted by Crippen LogP contribution is 2.41. The van der Waals surface area contributed by atoms with E-state index in [4.69, 9.17) is 4.74 Å². The van der Waals surface area contributed by atoms with Crippen LogP contribution < -0.4 is 4.74 Å². The van der Waals surface area contributed by atoms with Gasteiger partial charge < -0.3 is 4.74 Å². The molecule has 3 atom stereocenters. The van der Waals surface area contributed by atoms with Crippen LogP contribution in [0.5, 0.6) is 5.75 Å². The second-order valence-electron chi connectivity index (χ2n) is 7.77. The first kappa shape index (κ1) is 16.4. The lowest BCUT2D eigenvalue weighted by Gasteiger charge is -2.34. The van der Waals surface area contributed by atoms with Gasteiger partial charge in [0.1, 0.15) is 5.75 Å². The van der Waals surface area contributed by atoms with Crippen LogP contribution in [0.4, 0.5) is 0 Å². The normalized spacial score (nSPS) is 29.5. The Morgan fingerprint density at radius 1 is 0.958 bits per heavy atom. The number of hydrogen-bond acceptors (Lipinski definition) is 3. The number of piperidine rings is 1. The van der Waals surface area contributed by atoms with Crippen molar-refractivity contribution in [2.45, 2.75) is 76.6 Å². The van der Waals surface area contributed by atoms with Crippen molar-refractivity contribution >= 4 is 0 Å². The maximum Gasteiger partial charge on any atom is 0.152 e. The minimum Gasteiger partial charge on any atom is -0.475 e. The summed E-state index contributed by atoms with van der Waals surface area (Å²) in [6.45, 7) is 5.91. The minimum absolute atomic E-state index is 0.241. The van der Waals surface area contributed by atoms with Gasteiger partial charge >= 0.3 is 0 Å². The summed E-state index contributed by atoms with van der Waals surface area (Å²) in [6.07, 6.45) is 10.8. The molecule has 24 heavy (non-hydrogen) atoms. The van der Waals surface area contributed by atoms with Crippen LogP contribution in [0, 0.1) is 0 Å². The van der Waals surface area contributed by atoms with Gasteiger partial charge in [0.2, 0.25) is 0 Å². The molecule has 132 valence electrons. The maximum atomic E-state index is 6.32. The summed E-state index contributed by atoms with van der Waals surface area (Å²) in [4.78, 5) is 5.25. The van der Waals surface area contributed by atoms with Gasteiger partial charge in [0.15, 0.2) is 6.23 Å². The van der Waals surface area contributed by atoms with E-state index in [1.165, 1.54) is 70.1 Å². The maximum absolute atomic E-state index is 6.32. The molecule has 3 aliphatic rings. The van der Waals surface area contributed by atoms with Gasteiger partial charge in [0.05, 0.1) is 0 Å². The Morgan fingerprint density at radius 2 is 1.75 bits per heavy atom. The van der Waals surface area contributed by atoms with Crippen LogP contribution in [0.2, 0.25) is 0 Å². The Kier molecular flexibility index (Phi) is 5.09. The minimum atomic E-state index is 0.241. The van der Waals surface area contributed by atoms with E-state index in [9.17, 15) is 0 Å². The van der Waals surface area contributed by atoms with Gasteiger partial charge in [0, 0.05) is 25.2 Å². The highest BCUT2D eigenvalue weighted by atomic mass is 16.5. The quantitative estimate of drug-likeness (QED) is 0.786. The Balaban J connectivity index is 1.40. The van der Waals surface area contributed by atoms with E-state index < -0.39 is 0 Å². The Labute approximate surface area is 147 Å². The average molecular weight is 329 g/mol. The van der Waals surface area contributed by atoms with Gasteiger partial charge in [0.25, 0.3) is 0 Å². The monoisotopic (exact) mass is 328 g/mol. The summed E-state index contributed by atoms with van der Waals surface area (Å²) in [7, 11) is 0. The van der Waals surface area contributed by atoms with Gasteiger partial charge in [-0.15, -0.1) is 0 Å². The van der Waals surface area contributed by atoms with Crippen molar-refractivity contribution in [1.82, 2.24) is 9.80 Å². The summed E-state index contributed by atoms with van der Waals surface area (Å²) in [5.74, 6) is 1.03.